The summed E-state index contributed by atoms with van der Waals surface area (Å²) in [7, 11) is 0. The Bertz CT molecular complexity index is 352. The molecule has 100 valence electrons. The third-order valence-corrected chi connectivity index (χ3v) is 3.65. The molecule has 0 saturated heterocycles. The topological polar surface area (TPSA) is 68.0 Å². The van der Waals surface area contributed by atoms with Gasteiger partial charge in [-0.05, 0) is 30.9 Å². The van der Waals surface area contributed by atoms with Crippen molar-refractivity contribution in [2.24, 2.45) is 11.1 Å². The van der Waals surface area contributed by atoms with Crippen LogP contribution in [0.5, 0.6) is 0 Å². The van der Waals surface area contributed by atoms with Crippen molar-refractivity contribution in [1.29, 1.82) is 0 Å². The molecule has 0 bridgehead atoms. The second kappa shape index (κ2) is 7.11. The number of nitrogens with zero attached hydrogens (tertiary/aromatic N) is 1. The highest BCUT2D eigenvalue weighted by molar-refractivity contribution is 5.82. The van der Waals surface area contributed by atoms with Gasteiger partial charge < -0.3 is 11.1 Å². The van der Waals surface area contributed by atoms with Crippen molar-refractivity contribution >= 4 is 5.91 Å². The number of carbonyl (C=O) groups excluding carboxylic acids is 1. The number of carbonyl (C=O) groups is 1. The molecule has 1 rings (SSSR count). The van der Waals surface area contributed by atoms with Gasteiger partial charge in [-0.2, -0.15) is 0 Å². The highest BCUT2D eigenvalue weighted by atomic mass is 16.2. The predicted octanol–water partition coefficient (Wildman–Crippen LogP) is 1.51. The first-order valence-electron chi connectivity index (χ1n) is 6.55. The van der Waals surface area contributed by atoms with Gasteiger partial charge in [0.2, 0.25) is 5.91 Å². The minimum Gasteiger partial charge on any atom is -0.355 e. The van der Waals surface area contributed by atoms with Gasteiger partial charge in [-0.25, -0.2) is 0 Å². The molecule has 0 aromatic carbocycles. The summed E-state index contributed by atoms with van der Waals surface area (Å²) in [4.78, 5) is 16.2. The summed E-state index contributed by atoms with van der Waals surface area (Å²) >= 11 is 0. The Morgan fingerprint density at radius 2 is 2.17 bits per heavy atom. The Labute approximate surface area is 109 Å². The zero-order chi connectivity index (χ0) is 13.4. The van der Waals surface area contributed by atoms with E-state index in [0.29, 0.717) is 13.1 Å². The van der Waals surface area contributed by atoms with Crippen molar-refractivity contribution in [3.05, 3.63) is 30.1 Å². The highest BCUT2D eigenvalue weighted by Gasteiger charge is 2.32. The molecule has 0 spiro atoms. The van der Waals surface area contributed by atoms with Gasteiger partial charge in [-0.1, -0.05) is 19.9 Å². The van der Waals surface area contributed by atoms with Crippen LogP contribution in [0.15, 0.2) is 24.5 Å². The summed E-state index contributed by atoms with van der Waals surface area (Å²) in [6, 6.07) is 3.91. The first kappa shape index (κ1) is 14.6. The first-order valence-corrected chi connectivity index (χ1v) is 6.55. The zero-order valence-corrected chi connectivity index (χ0v) is 11.3. The minimum atomic E-state index is -0.408. The number of pyridine rings is 1. The van der Waals surface area contributed by atoms with Crippen LogP contribution in [0.4, 0.5) is 0 Å². The summed E-state index contributed by atoms with van der Waals surface area (Å²) in [5, 5.41) is 2.98. The smallest absolute Gasteiger partial charge is 0.227 e. The van der Waals surface area contributed by atoms with E-state index in [1.165, 1.54) is 0 Å². The summed E-state index contributed by atoms with van der Waals surface area (Å²) in [5.41, 5.74) is 6.46. The van der Waals surface area contributed by atoms with E-state index in [9.17, 15) is 4.79 Å². The van der Waals surface area contributed by atoms with Gasteiger partial charge in [0.05, 0.1) is 5.41 Å². The van der Waals surface area contributed by atoms with Crippen LogP contribution in [0, 0.1) is 5.41 Å². The molecule has 0 aliphatic rings. The molecule has 0 radical (unpaired) electrons. The molecule has 1 heterocycles. The quantitative estimate of drug-likeness (QED) is 0.769. The molecule has 0 fully saturated rings. The number of hydrogen-bond acceptors (Lipinski definition) is 3. The molecule has 18 heavy (non-hydrogen) atoms. The van der Waals surface area contributed by atoms with Gasteiger partial charge in [-0.3, -0.25) is 9.78 Å². The van der Waals surface area contributed by atoms with Crippen molar-refractivity contribution in [2.45, 2.75) is 33.1 Å². The fourth-order valence-electron chi connectivity index (χ4n) is 2.01. The normalized spacial score (nSPS) is 11.3. The van der Waals surface area contributed by atoms with Crippen molar-refractivity contribution in [2.75, 3.05) is 13.1 Å². The van der Waals surface area contributed by atoms with Crippen LogP contribution in [-0.2, 0) is 11.2 Å². The van der Waals surface area contributed by atoms with Crippen molar-refractivity contribution in [3.8, 4) is 0 Å². The van der Waals surface area contributed by atoms with Crippen LogP contribution >= 0.6 is 0 Å². The SMILES string of the molecule is CCC(CC)(CN)C(=O)NCCc1cccnc1. The Kier molecular flexibility index (Phi) is 5.78. The van der Waals surface area contributed by atoms with Crippen LogP contribution in [0.2, 0.25) is 0 Å². The van der Waals surface area contributed by atoms with Gasteiger partial charge >= 0.3 is 0 Å². The molecular weight excluding hydrogens is 226 g/mol. The molecule has 4 nitrogen and oxygen atoms in total. The summed E-state index contributed by atoms with van der Waals surface area (Å²) in [6.07, 6.45) is 5.92. The van der Waals surface area contributed by atoms with E-state index in [4.69, 9.17) is 5.73 Å². The molecule has 0 saturated carbocycles. The minimum absolute atomic E-state index is 0.0684. The Hall–Kier alpha value is -1.42. The number of hydrogen-bond donors (Lipinski definition) is 2. The fraction of sp³-hybridized carbons (Fsp3) is 0.571. The Balaban J connectivity index is 2.46. The number of nitrogens with one attached hydrogen (secondary N) is 1. The highest BCUT2D eigenvalue weighted by Crippen LogP contribution is 2.24. The molecule has 4 heteroatoms. The Morgan fingerprint density at radius 3 is 2.67 bits per heavy atom. The molecule has 0 aliphatic carbocycles. The number of aromatic nitrogens is 1. The van der Waals surface area contributed by atoms with Crippen molar-refractivity contribution < 1.29 is 4.79 Å². The maximum Gasteiger partial charge on any atom is 0.227 e. The second-order valence-corrected chi connectivity index (χ2v) is 4.56. The Morgan fingerprint density at radius 1 is 1.44 bits per heavy atom. The van der Waals surface area contributed by atoms with E-state index in [2.05, 4.69) is 10.3 Å². The van der Waals surface area contributed by atoms with Crippen LogP contribution in [-0.4, -0.2) is 24.0 Å². The van der Waals surface area contributed by atoms with Gasteiger partial charge in [0.25, 0.3) is 0 Å². The second-order valence-electron chi connectivity index (χ2n) is 4.56. The van der Waals surface area contributed by atoms with Gasteiger partial charge in [0.1, 0.15) is 0 Å². The number of amides is 1. The largest absolute Gasteiger partial charge is 0.355 e. The molecule has 0 aliphatic heterocycles. The fourth-order valence-corrected chi connectivity index (χ4v) is 2.01. The molecule has 0 unspecified atom stereocenters. The van der Waals surface area contributed by atoms with Crippen molar-refractivity contribution in [3.63, 3.8) is 0 Å². The molecule has 1 amide bonds. The van der Waals surface area contributed by atoms with Gasteiger partial charge in [0.15, 0.2) is 0 Å². The molecule has 1 aromatic heterocycles. The molecule has 0 atom stereocenters. The molecule has 3 N–H and O–H groups in total. The average molecular weight is 249 g/mol. The third-order valence-electron chi connectivity index (χ3n) is 3.65. The van der Waals surface area contributed by atoms with Crippen LogP contribution in [0.25, 0.3) is 0 Å². The van der Waals surface area contributed by atoms with Crippen LogP contribution < -0.4 is 11.1 Å². The molecular formula is C14H23N3O. The van der Waals surface area contributed by atoms with E-state index in [1.54, 1.807) is 6.20 Å². The van der Waals surface area contributed by atoms with Gasteiger partial charge in [-0.15, -0.1) is 0 Å². The molecule has 1 aromatic rings. The maximum absolute atomic E-state index is 12.1. The van der Waals surface area contributed by atoms with Gasteiger partial charge in [0, 0.05) is 25.5 Å². The average Bonchev–Trinajstić information content (AvgIpc) is 2.42. The lowest BCUT2D eigenvalue weighted by atomic mass is 9.81. The lowest BCUT2D eigenvalue weighted by Crippen LogP contribution is -2.45. The van der Waals surface area contributed by atoms with E-state index in [0.717, 1.165) is 24.8 Å². The van der Waals surface area contributed by atoms with Crippen molar-refractivity contribution in [1.82, 2.24) is 10.3 Å². The summed E-state index contributed by atoms with van der Waals surface area (Å²) < 4.78 is 0. The van der Waals surface area contributed by atoms with E-state index in [1.807, 2.05) is 32.2 Å². The summed E-state index contributed by atoms with van der Waals surface area (Å²) in [6.45, 7) is 5.05. The van der Waals surface area contributed by atoms with E-state index < -0.39 is 5.41 Å². The van der Waals surface area contributed by atoms with E-state index in [-0.39, 0.29) is 5.91 Å². The number of rotatable bonds is 7. The first-order chi connectivity index (χ1) is 8.68. The maximum atomic E-state index is 12.1. The lowest BCUT2D eigenvalue weighted by Gasteiger charge is -2.28. The summed E-state index contributed by atoms with van der Waals surface area (Å²) in [5.74, 6) is 0.0684. The predicted molar refractivity (Wildman–Crippen MR) is 73.0 cm³/mol. The third kappa shape index (κ3) is 3.53. The zero-order valence-electron chi connectivity index (χ0n) is 11.3. The van der Waals surface area contributed by atoms with E-state index >= 15 is 0 Å². The lowest BCUT2D eigenvalue weighted by molar-refractivity contribution is -0.131. The van der Waals surface area contributed by atoms with Crippen LogP contribution in [0.1, 0.15) is 32.3 Å². The monoisotopic (exact) mass is 249 g/mol. The number of nitrogens with two attached hydrogens (primary N) is 1. The standard InChI is InChI=1S/C14H23N3O/c1-3-14(4-2,11-15)13(18)17-9-7-12-6-5-8-16-10-12/h5-6,8,10H,3-4,7,9,11,15H2,1-2H3,(H,17,18). The van der Waals surface area contributed by atoms with Crippen LogP contribution in [0.3, 0.4) is 0 Å².